The lowest BCUT2D eigenvalue weighted by molar-refractivity contribution is 0.624. The van der Waals surface area contributed by atoms with E-state index in [0.29, 0.717) is 6.42 Å². The summed E-state index contributed by atoms with van der Waals surface area (Å²) in [6.45, 7) is 2.06. The van der Waals surface area contributed by atoms with Gasteiger partial charge in [-0.1, -0.05) is 22.0 Å². The minimum atomic E-state index is -0.235. The maximum absolute atomic E-state index is 13.0. The van der Waals surface area contributed by atoms with E-state index in [9.17, 15) is 4.39 Å². The largest absolute Gasteiger partial charge is 0.324 e. The Hall–Kier alpha value is -0.710. The summed E-state index contributed by atoms with van der Waals surface area (Å²) in [5.41, 5.74) is 9.60. The van der Waals surface area contributed by atoms with Gasteiger partial charge in [-0.15, -0.1) is 0 Å². The summed E-state index contributed by atoms with van der Waals surface area (Å²) in [4.78, 5) is 0. The quantitative estimate of drug-likeness (QED) is 0.903. The second kappa shape index (κ2) is 5.29. The van der Waals surface area contributed by atoms with Crippen LogP contribution in [0, 0.1) is 12.7 Å². The Bertz CT molecular complexity index is 524. The molecule has 4 heteroatoms. The Kier molecular flexibility index (Phi) is 3.97. The third-order valence-electron chi connectivity index (χ3n) is 2.75. The second-order valence-corrected chi connectivity index (χ2v) is 5.65. The van der Waals surface area contributed by atoms with Crippen molar-refractivity contribution in [2.45, 2.75) is 19.4 Å². The molecule has 2 N–H and O–H groups in total. The minimum absolute atomic E-state index is 0.0389. The number of aryl methyl sites for hydroxylation is 1. The van der Waals surface area contributed by atoms with E-state index < -0.39 is 0 Å². The highest BCUT2D eigenvalue weighted by Crippen LogP contribution is 2.26. The first-order chi connectivity index (χ1) is 8.08. The molecule has 0 spiro atoms. The summed E-state index contributed by atoms with van der Waals surface area (Å²) in [6.07, 6.45) is 0.707. The lowest BCUT2D eigenvalue weighted by atomic mass is 9.99. The Balaban J connectivity index is 2.19. The molecule has 17 heavy (non-hydrogen) atoms. The molecule has 0 saturated carbocycles. The predicted molar refractivity (Wildman–Crippen MR) is 73.8 cm³/mol. The van der Waals surface area contributed by atoms with Gasteiger partial charge < -0.3 is 5.73 Å². The van der Waals surface area contributed by atoms with E-state index in [1.807, 2.05) is 0 Å². The molecule has 0 amide bonds. The van der Waals surface area contributed by atoms with Crippen LogP contribution in [0.3, 0.4) is 0 Å². The second-order valence-electron chi connectivity index (χ2n) is 4.06. The van der Waals surface area contributed by atoms with E-state index in [2.05, 4.69) is 33.6 Å². The fourth-order valence-corrected chi connectivity index (χ4v) is 3.21. The lowest BCUT2D eigenvalue weighted by Gasteiger charge is -2.13. The number of thiophene rings is 1. The van der Waals surface area contributed by atoms with Crippen LogP contribution < -0.4 is 5.73 Å². The van der Waals surface area contributed by atoms with Gasteiger partial charge >= 0.3 is 0 Å². The van der Waals surface area contributed by atoms with E-state index in [0.717, 1.165) is 10.0 Å². The van der Waals surface area contributed by atoms with Gasteiger partial charge in [-0.25, -0.2) is 4.39 Å². The topological polar surface area (TPSA) is 26.0 Å². The summed E-state index contributed by atoms with van der Waals surface area (Å²) < 4.78 is 13.7. The fraction of sp³-hybridized carbons (Fsp3) is 0.231. The highest BCUT2D eigenvalue weighted by molar-refractivity contribution is 9.10. The van der Waals surface area contributed by atoms with Crippen LogP contribution in [0.25, 0.3) is 0 Å². The van der Waals surface area contributed by atoms with Crippen molar-refractivity contribution in [2.24, 2.45) is 5.73 Å². The average Bonchev–Trinajstić information content (AvgIpc) is 2.68. The maximum atomic E-state index is 13.0. The zero-order chi connectivity index (χ0) is 12.4. The fourth-order valence-electron chi connectivity index (χ4n) is 1.78. The van der Waals surface area contributed by atoms with Crippen LogP contribution in [-0.2, 0) is 6.42 Å². The number of halogens is 2. The molecule has 2 aromatic rings. The molecule has 2 rings (SSSR count). The first-order valence-corrected chi connectivity index (χ1v) is 7.03. The van der Waals surface area contributed by atoms with Crippen molar-refractivity contribution in [2.75, 3.05) is 0 Å². The molecule has 1 aromatic heterocycles. The van der Waals surface area contributed by atoms with Gasteiger partial charge in [0.1, 0.15) is 5.82 Å². The van der Waals surface area contributed by atoms with Gasteiger partial charge in [0, 0.05) is 10.5 Å². The zero-order valence-corrected chi connectivity index (χ0v) is 11.8. The molecule has 0 aliphatic carbocycles. The molecule has 0 radical (unpaired) electrons. The van der Waals surface area contributed by atoms with Crippen molar-refractivity contribution >= 4 is 27.3 Å². The summed E-state index contributed by atoms with van der Waals surface area (Å²) in [6, 6.07) is 4.68. The Morgan fingerprint density at radius 3 is 2.76 bits per heavy atom. The normalized spacial score (nSPS) is 12.7. The number of hydrogen-bond acceptors (Lipinski definition) is 2. The highest BCUT2D eigenvalue weighted by atomic mass is 79.9. The first-order valence-electron chi connectivity index (χ1n) is 5.30. The molecular weight excluding hydrogens is 301 g/mol. The third-order valence-corrected chi connectivity index (χ3v) is 4.37. The van der Waals surface area contributed by atoms with Crippen LogP contribution in [0.4, 0.5) is 4.39 Å². The molecule has 0 bridgehead atoms. The van der Waals surface area contributed by atoms with Gasteiger partial charge in [-0.05, 0) is 52.9 Å². The first kappa shape index (κ1) is 12.7. The summed E-state index contributed by atoms with van der Waals surface area (Å²) in [5.74, 6) is -0.235. The van der Waals surface area contributed by atoms with E-state index in [-0.39, 0.29) is 11.9 Å². The van der Waals surface area contributed by atoms with Crippen molar-refractivity contribution in [1.29, 1.82) is 0 Å². The van der Waals surface area contributed by atoms with Gasteiger partial charge in [0.25, 0.3) is 0 Å². The van der Waals surface area contributed by atoms with Gasteiger partial charge in [0.15, 0.2) is 0 Å². The molecular formula is C13H13BrFNS. The Labute approximate surface area is 113 Å². The predicted octanol–water partition coefficient (Wildman–Crippen LogP) is 4.20. The molecule has 1 aromatic carbocycles. The van der Waals surface area contributed by atoms with Crippen LogP contribution in [0.15, 0.2) is 33.4 Å². The third kappa shape index (κ3) is 2.94. The molecule has 0 fully saturated rings. The van der Waals surface area contributed by atoms with Gasteiger partial charge in [0.2, 0.25) is 0 Å². The molecule has 0 saturated heterocycles. The molecule has 1 heterocycles. The monoisotopic (exact) mass is 313 g/mol. The zero-order valence-electron chi connectivity index (χ0n) is 9.41. The molecule has 0 aliphatic heterocycles. The SMILES string of the molecule is Cc1cscc1C(N)Cc1ccc(F)cc1Br. The summed E-state index contributed by atoms with van der Waals surface area (Å²) >= 11 is 5.02. The number of hydrogen-bond donors (Lipinski definition) is 1. The summed E-state index contributed by atoms with van der Waals surface area (Å²) in [5, 5.41) is 4.17. The molecule has 90 valence electrons. The van der Waals surface area contributed by atoms with Crippen LogP contribution in [-0.4, -0.2) is 0 Å². The van der Waals surface area contributed by atoms with E-state index >= 15 is 0 Å². The van der Waals surface area contributed by atoms with Crippen molar-refractivity contribution < 1.29 is 4.39 Å². The van der Waals surface area contributed by atoms with Crippen LogP contribution >= 0.6 is 27.3 Å². The molecule has 1 nitrogen and oxygen atoms in total. The van der Waals surface area contributed by atoms with Crippen molar-refractivity contribution in [1.82, 2.24) is 0 Å². The van der Waals surface area contributed by atoms with E-state index in [1.165, 1.54) is 23.3 Å². The molecule has 1 atom stereocenters. The van der Waals surface area contributed by atoms with Crippen molar-refractivity contribution in [3.63, 3.8) is 0 Å². The maximum Gasteiger partial charge on any atom is 0.124 e. The van der Waals surface area contributed by atoms with Crippen LogP contribution in [0.1, 0.15) is 22.7 Å². The smallest absolute Gasteiger partial charge is 0.124 e. The van der Waals surface area contributed by atoms with Crippen molar-refractivity contribution in [3.05, 3.63) is 55.9 Å². The van der Waals surface area contributed by atoms with Gasteiger partial charge in [-0.3, -0.25) is 0 Å². The number of benzene rings is 1. The average molecular weight is 314 g/mol. The van der Waals surface area contributed by atoms with Gasteiger partial charge in [-0.2, -0.15) is 11.3 Å². The van der Waals surface area contributed by atoms with Gasteiger partial charge in [0.05, 0.1) is 0 Å². The minimum Gasteiger partial charge on any atom is -0.324 e. The highest BCUT2D eigenvalue weighted by Gasteiger charge is 2.12. The Morgan fingerprint density at radius 1 is 1.41 bits per heavy atom. The molecule has 1 unspecified atom stereocenters. The standard InChI is InChI=1S/C13H13BrFNS/c1-8-6-17-7-11(8)13(16)4-9-2-3-10(15)5-12(9)14/h2-3,5-7,13H,4,16H2,1H3. The Morgan fingerprint density at radius 2 is 2.18 bits per heavy atom. The van der Waals surface area contributed by atoms with Crippen molar-refractivity contribution in [3.8, 4) is 0 Å². The lowest BCUT2D eigenvalue weighted by Crippen LogP contribution is -2.13. The number of rotatable bonds is 3. The van der Waals surface area contributed by atoms with Crippen LogP contribution in [0.5, 0.6) is 0 Å². The molecule has 0 aliphatic rings. The van der Waals surface area contributed by atoms with E-state index in [1.54, 1.807) is 17.4 Å². The number of nitrogens with two attached hydrogens (primary N) is 1. The summed E-state index contributed by atoms with van der Waals surface area (Å²) in [7, 11) is 0. The van der Waals surface area contributed by atoms with Crippen LogP contribution in [0.2, 0.25) is 0 Å². The van der Waals surface area contributed by atoms with E-state index in [4.69, 9.17) is 5.73 Å².